The summed E-state index contributed by atoms with van der Waals surface area (Å²) in [7, 11) is 0. The highest BCUT2D eigenvalue weighted by Gasteiger charge is 2.06. The van der Waals surface area contributed by atoms with E-state index >= 15 is 0 Å². The van der Waals surface area contributed by atoms with E-state index in [2.05, 4.69) is 4.98 Å². The van der Waals surface area contributed by atoms with Crippen LogP contribution >= 0.6 is 47.1 Å². The van der Waals surface area contributed by atoms with Gasteiger partial charge in [-0.15, -0.1) is 47.1 Å². The number of nitrogens with zero attached hydrogens (tertiary/aromatic N) is 1. The smallest absolute Gasteiger partial charge is 0.148 e. The molecular formula is C9H9IN2S2. The number of nitrogens with one attached hydrogen (secondary N) is 1. The number of rotatable bonds is 1. The third-order valence-corrected chi connectivity index (χ3v) is 3.48. The van der Waals surface area contributed by atoms with Crippen molar-refractivity contribution in [1.29, 1.82) is 5.41 Å². The molecule has 74 valence electrons. The van der Waals surface area contributed by atoms with Crippen molar-refractivity contribution in [2.75, 3.05) is 6.26 Å². The summed E-state index contributed by atoms with van der Waals surface area (Å²) in [6.45, 7) is 0. The molecule has 0 fully saturated rings. The molecule has 0 aliphatic rings. The van der Waals surface area contributed by atoms with Crippen LogP contribution in [0, 0.1) is 5.41 Å². The lowest BCUT2D eigenvalue weighted by Gasteiger charge is -1.89. The highest BCUT2D eigenvalue weighted by molar-refractivity contribution is 14.0. The average Bonchev–Trinajstić information content (AvgIpc) is 2.59. The molecule has 0 atom stereocenters. The van der Waals surface area contributed by atoms with E-state index in [-0.39, 0.29) is 24.0 Å². The second-order valence-corrected chi connectivity index (χ2v) is 4.37. The first-order valence-electron chi connectivity index (χ1n) is 3.80. The molecule has 0 aliphatic heterocycles. The fraction of sp³-hybridized carbons (Fsp3) is 0.111. The monoisotopic (exact) mass is 336 g/mol. The normalized spacial score (nSPS) is 9.79. The first-order valence-corrected chi connectivity index (χ1v) is 5.84. The van der Waals surface area contributed by atoms with Crippen molar-refractivity contribution >= 4 is 62.3 Å². The molecule has 2 nitrogen and oxygen atoms in total. The number of hydrogen-bond acceptors (Lipinski definition) is 4. The van der Waals surface area contributed by atoms with Crippen LogP contribution in [0.15, 0.2) is 24.3 Å². The summed E-state index contributed by atoms with van der Waals surface area (Å²) in [6.07, 6.45) is 1.90. The van der Waals surface area contributed by atoms with Crippen LogP contribution in [-0.4, -0.2) is 16.3 Å². The largest absolute Gasteiger partial charge is 0.291 e. The molecule has 2 rings (SSSR count). The number of benzene rings is 1. The molecule has 0 spiro atoms. The van der Waals surface area contributed by atoms with Crippen molar-refractivity contribution in [2.45, 2.75) is 0 Å². The molecule has 1 aromatic heterocycles. The van der Waals surface area contributed by atoms with Crippen molar-refractivity contribution in [3.05, 3.63) is 29.3 Å². The van der Waals surface area contributed by atoms with Gasteiger partial charge in [0.15, 0.2) is 0 Å². The minimum Gasteiger partial charge on any atom is -0.291 e. The molecule has 14 heavy (non-hydrogen) atoms. The lowest BCUT2D eigenvalue weighted by Crippen LogP contribution is -1.88. The summed E-state index contributed by atoms with van der Waals surface area (Å²) in [6, 6.07) is 7.97. The minimum atomic E-state index is 0. The van der Waals surface area contributed by atoms with E-state index in [1.165, 1.54) is 11.8 Å². The van der Waals surface area contributed by atoms with Crippen LogP contribution in [0.4, 0.5) is 0 Å². The number of hydrogen-bond donors (Lipinski definition) is 1. The summed E-state index contributed by atoms with van der Waals surface area (Å²) in [5.41, 5.74) is 0.987. The van der Waals surface area contributed by atoms with E-state index in [1.54, 1.807) is 11.3 Å². The zero-order valence-corrected chi connectivity index (χ0v) is 11.4. The molecule has 1 aromatic carbocycles. The number of fused-ring (bicyclic) bond motifs is 1. The van der Waals surface area contributed by atoms with Gasteiger partial charge in [-0.05, 0) is 18.4 Å². The van der Waals surface area contributed by atoms with Crippen LogP contribution < -0.4 is 0 Å². The van der Waals surface area contributed by atoms with Gasteiger partial charge in [-0.2, -0.15) is 0 Å². The van der Waals surface area contributed by atoms with Crippen molar-refractivity contribution < 1.29 is 0 Å². The van der Waals surface area contributed by atoms with Crippen LogP contribution in [0.2, 0.25) is 0 Å². The Morgan fingerprint density at radius 3 is 2.79 bits per heavy atom. The van der Waals surface area contributed by atoms with Crippen molar-refractivity contribution in [3.63, 3.8) is 0 Å². The summed E-state index contributed by atoms with van der Waals surface area (Å²) >= 11 is 3.00. The van der Waals surface area contributed by atoms with Crippen LogP contribution in [0.3, 0.4) is 0 Å². The Morgan fingerprint density at radius 2 is 2.14 bits per heavy atom. The maximum absolute atomic E-state index is 7.62. The van der Waals surface area contributed by atoms with Gasteiger partial charge in [0.25, 0.3) is 0 Å². The zero-order chi connectivity index (χ0) is 9.26. The van der Waals surface area contributed by atoms with Crippen LogP contribution in [0.5, 0.6) is 0 Å². The molecular weight excluding hydrogens is 327 g/mol. The van der Waals surface area contributed by atoms with E-state index in [0.717, 1.165) is 15.2 Å². The third kappa shape index (κ3) is 2.26. The van der Waals surface area contributed by atoms with Crippen molar-refractivity contribution in [2.24, 2.45) is 0 Å². The zero-order valence-electron chi connectivity index (χ0n) is 7.48. The second-order valence-electron chi connectivity index (χ2n) is 2.52. The van der Waals surface area contributed by atoms with Gasteiger partial charge in [-0.25, -0.2) is 4.98 Å². The minimum absolute atomic E-state index is 0. The maximum Gasteiger partial charge on any atom is 0.148 e. The van der Waals surface area contributed by atoms with E-state index in [4.69, 9.17) is 5.41 Å². The van der Waals surface area contributed by atoms with Crippen LogP contribution in [0.1, 0.15) is 5.01 Å². The molecule has 0 saturated carbocycles. The third-order valence-electron chi connectivity index (χ3n) is 1.69. The van der Waals surface area contributed by atoms with Gasteiger partial charge in [-0.1, -0.05) is 12.1 Å². The molecule has 0 bridgehead atoms. The Labute approximate surface area is 108 Å². The predicted molar refractivity (Wildman–Crippen MR) is 75.4 cm³/mol. The summed E-state index contributed by atoms with van der Waals surface area (Å²) in [5, 5.41) is 8.98. The average molecular weight is 336 g/mol. The highest BCUT2D eigenvalue weighted by atomic mass is 127. The highest BCUT2D eigenvalue weighted by Crippen LogP contribution is 2.23. The Balaban J connectivity index is 0.000000980. The number of para-hydroxylation sites is 1. The molecule has 1 heterocycles. The molecule has 2 aromatic rings. The Kier molecular flexibility index (Phi) is 4.33. The summed E-state index contributed by atoms with van der Waals surface area (Å²) in [5.74, 6) is 0. The number of thioether (sulfide) groups is 1. The quantitative estimate of drug-likeness (QED) is 0.491. The number of halogens is 1. The van der Waals surface area contributed by atoms with E-state index in [0.29, 0.717) is 5.04 Å². The molecule has 1 N–H and O–H groups in total. The van der Waals surface area contributed by atoms with Crippen molar-refractivity contribution in [1.82, 2.24) is 4.98 Å². The lowest BCUT2D eigenvalue weighted by atomic mass is 10.3. The first-order chi connectivity index (χ1) is 6.31. The molecule has 0 saturated heterocycles. The van der Waals surface area contributed by atoms with Crippen LogP contribution in [0.25, 0.3) is 10.2 Å². The van der Waals surface area contributed by atoms with Gasteiger partial charge >= 0.3 is 0 Å². The van der Waals surface area contributed by atoms with Gasteiger partial charge < -0.3 is 0 Å². The van der Waals surface area contributed by atoms with E-state index in [1.807, 2.05) is 30.5 Å². The standard InChI is InChI=1S/C9H8N2S2.HI/c1-12-8(10)9-11-6-4-2-3-5-7(6)13-9;/h2-5,10H,1H3;1H. The summed E-state index contributed by atoms with van der Waals surface area (Å²) in [4.78, 5) is 4.36. The van der Waals surface area contributed by atoms with Crippen molar-refractivity contribution in [3.8, 4) is 0 Å². The fourth-order valence-corrected chi connectivity index (χ4v) is 2.46. The van der Waals surface area contributed by atoms with Gasteiger partial charge in [0.2, 0.25) is 0 Å². The predicted octanol–water partition coefficient (Wildman–Crippen LogP) is 3.60. The van der Waals surface area contributed by atoms with Gasteiger partial charge in [-0.3, -0.25) is 5.41 Å². The molecule has 0 radical (unpaired) electrons. The van der Waals surface area contributed by atoms with Gasteiger partial charge in [0.05, 0.1) is 10.2 Å². The summed E-state index contributed by atoms with van der Waals surface area (Å²) < 4.78 is 1.15. The van der Waals surface area contributed by atoms with Gasteiger partial charge in [0.1, 0.15) is 10.1 Å². The first kappa shape index (κ1) is 11.9. The fourth-order valence-electron chi connectivity index (χ4n) is 1.06. The molecule has 0 unspecified atom stereocenters. The van der Waals surface area contributed by atoms with Gasteiger partial charge in [0, 0.05) is 0 Å². The van der Waals surface area contributed by atoms with E-state index < -0.39 is 0 Å². The molecule has 0 aliphatic carbocycles. The maximum atomic E-state index is 7.62. The van der Waals surface area contributed by atoms with E-state index in [9.17, 15) is 0 Å². The number of aromatic nitrogens is 1. The second kappa shape index (κ2) is 5.09. The molecule has 5 heteroatoms. The topological polar surface area (TPSA) is 36.7 Å². The SMILES string of the molecule is CSC(=N)c1nc2ccccc2s1.I. The molecule has 0 amide bonds. The number of thiazole rings is 1. The Morgan fingerprint density at radius 1 is 1.43 bits per heavy atom. The lowest BCUT2D eigenvalue weighted by molar-refractivity contribution is 1.43. The Hall–Kier alpha value is -0.140. The van der Waals surface area contributed by atoms with Crippen LogP contribution in [-0.2, 0) is 0 Å². The Bertz CT molecular complexity index is 420.